The molecule has 1 aromatic carbocycles. The van der Waals surface area contributed by atoms with E-state index in [1.54, 1.807) is 0 Å². The summed E-state index contributed by atoms with van der Waals surface area (Å²) in [6, 6.07) is 11.5. The normalized spacial score (nSPS) is 46.5. The van der Waals surface area contributed by atoms with E-state index in [4.69, 9.17) is 0 Å². The molecule has 0 aliphatic heterocycles. The van der Waals surface area contributed by atoms with Crippen LogP contribution in [0, 0.1) is 40.9 Å². The van der Waals surface area contributed by atoms with Gasteiger partial charge in [-0.3, -0.25) is 0 Å². The molecule has 1 unspecified atom stereocenters. The monoisotopic (exact) mass is 409 g/mol. The van der Waals surface area contributed by atoms with E-state index in [2.05, 4.69) is 56.4 Å². The van der Waals surface area contributed by atoms with Crippen LogP contribution in [0.25, 0.3) is 0 Å². The Kier molecular flexibility index (Phi) is 5.55. The van der Waals surface area contributed by atoms with E-state index in [0.29, 0.717) is 11.5 Å². The molecule has 2 nitrogen and oxygen atoms in total. The Morgan fingerprint density at radius 1 is 0.933 bits per heavy atom. The third-order valence-corrected chi connectivity index (χ3v) is 10.4. The Hall–Kier alpha value is -0.860. The number of nitrogens with one attached hydrogen (secondary N) is 1. The van der Waals surface area contributed by atoms with E-state index in [-0.39, 0.29) is 0 Å². The molecule has 0 saturated heterocycles. The third kappa shape index (κ3) is 3.66. The summed E-state index contributed by atoms with van der Waals surface area (Å²) >= 11 is 0. The highest BCUT2D eigenvalue weighted by Gasteiger charge is 2.58. The van der Waals surface area contributed by atoms with Crippen molar-refractivity contribution in [2.75, 3.05) is 0 Å². The Bertz CT molecular complexity index is 729. The molecule has 0 radical (unpaired) electrons. The second-order valence-electron chi connectivity index (χ2n) is 12.1. The van der Waals surface area contributed by atoms with Crippen molar-refractivity contribution in [2.24, 2.45) is 40.9 Å². The van der Waals surface area contributed by atoms with E-state index in [9.17, 15) is 5.11 Å². The van der Waals surface area contributed by atoms with Crippen LogP contribution >= 0.6 is 0 Å². The molecule has 4 fully saturated rings. The molecule has 0 spiro atoms. The van der Waals surface area contributed by atoms with E-state index >= 15 is 0 Å². The van der Waals surface area contributed by atoms with Crippen molar-refractivity contribution < 1.29 is 5.11 Å². The van der Waals surface area contributed by atoms with Gasteiger partial charge in [0.2, 0.25) is 0 Å². The van der Waals surface area contributed by atoms with Gasteiger partial charge in [0.1, 0.15) is 0 Å². The maximum absolute atomic E-state index is 10.6. The van der Waals surface area contributed by atoms with Gasteiger partial charge in [-0.1, -0.05) is 37.3 Å². The SMILES string of the molecule is C[C@@H](NCc1ccccc1)[C@H]1CC[C@H]2[C@@H]3CCC4C[C@](C)(O)CC[C@@H]4[C@H]3CC[C@]12C. The maximum Gasteiger partial charge on any atom is 0.0622 e. The molecule has 2 N–H and O–H groups in total. The predicted octanol–water partition coefficient (Wildman–Crippen LogP) is 6.18. The lowest BCUT2D eigenvalue weighted by atomic mass is 9.49. The highest BCUT2D eigenvalue weighted by molar-refractivity contribution is 5.15. The molecular weight excluding hydrogens is 366 g/mol. The number of aliphatic hydroxyl groups is 1. The molecule has 4 aliphatic carbocycles. The first-order valence-electron chi connectivity index (χ1n) is 12.9. The minimum Gasteiger partial charge on any atom is -0.390 e. The quantitative estimate of drug-likeness (QED) is 0.622. The first-order chi connectivity index (χ1) is 14.4. The first kappa shape index (κ1) is 21.0. The molecule has 9 atom stereocenters. The maximum atomic E-state index is 10.6. The number of rotatable bonds is 4. The predicted molar refractivity (Wildman–Crippen MR) is 124 cm³/mol. The largest absolute Gasteiger partial charge is 0.390 e. The van der Waals surface area contributed by atoms with E-state index in [0.717, 1.165) is 54.9 Å². The van der Waals surface area contributed by atoms with E-state index in [1.165, 1.54) is 50.5 Å². The van der Waals surface area contributed by atoms with Crippen LogP contribution in [-0.4, -0.2) is 16.7 Å². The van der Waals surface area contributed by atoms with Crippen LogP contribution in [0.5, 0.6) is 0 Å². The number of benzene rings is 1. The van der Waals surface area contributed by atoms with Crippen molar-refractivity contribution in [2.45, 2.75) is 96.7 Å². The fourth-order valence-electron chi connectivity index (χ4n) is 8.96. The fraction of sp³-hybridized carbons (Fsp3) is 0.786. The van der Waals surface area contributed by atoms with Gasteiger partial charge in [0.05, 0.1) is 5.60 Å². The second kappa shape index (κ2) is 7.93. The Morgan fingerprint density at radius 3 is 2.50 bits per heavy atom. The molecule has 30 heavy (non-hydrogen) atoms. The first-order valence-corrected chi connectivity index (χ1v) is 12.9. The Labute approximate surface area is 184 Å². The average molecular weight is 410 g/mol. The number of hydrogen-bond donors (Lipinski definition) is 2. The van der Waals surface area contributed by atoms with Crippen LogP contribution in [0.15, 0.2) is 30.3 Å². The van der Waals surface area contributed by atoms with E-state index < -0.39 is 5.60 Å². The summed E-state index contributed by atoms with van der Waals surface area (Å²) in [6.07, 6.45) is 11.9. The molecule has 5 rings (SSSR count). The van der Waals surface area contributed by atoms with Crippen molar-refractivity contribution in [3.63, 3.8) is 0 Å². The van der Waals surface area contributed by atoms with Gasteiger partial charge in [0.15, 0.2) is 0 Å². The van der Waals surface area contributed by atoms with Gasteiger partial charge < -0.3 is 10.4 Å². The summed E-state index contributed by atoms with van der Waals surface area (Å²) in [5.74, 6) is 5.36. The van der Waals surface area contributed by atoms with E-state index in [1.807, 2.05) is 0 Å². The molecule has 4 aliphatic rings. The van der Waals surface area contributed by atoms with Crippen molar-refractivity contribution in [1.29, 1.82) is 0 Å². The van der Waals surface area contributed by atoms with Gasteiger partial charge in [-0.2, -0.15) is 0 Å². The average Bonchev–Trinajstić information content (AvgIpc) is 3.09. The Balaban J connectivity index is 1.26. The summed E-state index contributed by atoms with van der Waals surface area (Å²) in [7, 11) is 0. The minimum atomic E-state index is -0.393. The summed E-state index contributed by atoms with van der Waals surface area (Å²) in [4.78, 5) is 0. The zero-order valence-corrected chi connectivity index (χ0v) is 19.4. The molecule has 166 valence electrons. The van der Waals surface area contributed by atoms with Crippen molar-refractivity contribution in [1.82, 2.24) is 5.32 Å². The summed E-state index contributed by atoms with van der Waals surface area (Å²) in [6.45, 7) is 8.19. The summed E-state index contributed by atoms with van der Waals surface area (Å²) in [5.41, 5.74) is 1.53. The summed E-state index contributed by atoms with van der Waals surface area (Å²) < 4.78 is 0. The Morgan fingerprint density at radius 2 is 1.70 bits per heavy atom. The zero-order chi connectivity index (χ0) is 20.9. The standard InChI is InChI=1S/C28H43NO/c1-19(29-18-20-7-5-4-6-8-20)25-11-12-26-24-10-9-21-17-27(2,30)15-13-22(21)23(24)14-16-28(25,26)3/h4-8,19,21-26,29-30H,9-18H2,1-3H3/t19-,21?,22+,23-,24-,25-,26+,27-,28-/m1/s1. The summed E-state index contributed by atoms with van der Waals surface area (Å²) in [5, 5.41) is 14.5. The second-order valence-corrected chi connectivity index (χ2v) is 12.1. The van der Waals surface area contributed by atoms with Crippen molar-refractivity contribution in [3.05, 3.63) is 35.9 Å². The molecule has 0 aromatic heterocycles. The molecule has 2 heteroatoms. The number of hydrogen-bond acceptors (Lipinski definition) is 2. The highest BCUT2D eigenvalue weighted by Crippen LogP contribution is 2.65. The number of fused-ring (bicyclic) bond motifs is 5. The highest BCUT2D eigenvalue weighted by atomic mass is 16.3. The molecule has 1 aromatic rings. The fourth-order valence-corrected chi connectivity index (χ4v) is 8.96. The van der Waals surface area contributed by atoms with Crippen LogP contribution in [0.1, 0.15) is 84.1 Å². The van der Waals surface area contributed by atoms with Crippen molar-refractivity contribution in [3.8, 4) is 0 Å². The lowest BCUT2D eigenvalue weighted by molar-refractivity contribution is -0.101. The molecule has 4 saturated carbocycles. The zero-order valence-electron chi connectivity index (χ0n) is 19.4. The van der Waals surface area contributed by atoms with Crippen molar-refractivity contribution >= 4 is 0 Å². The van der Waals surface area contributed by atoms with Crippen LogP contribution in [-0.2, 0) is 6.54 Å². The van der Waals surface area contributed by atoms with Gasteiger partial charge in [-0.05, 0) is 118 Å². The van der Waals surface area contributed by atoms with Crippen LogP contribution in [0.4, 0.5) is 0 Å². The van der Waals surface area contributed by atoms with Gasteiger partial charge >= 0.3 is 0 Å². The van der Waals surface area contributed by atoms with Crippen LogP contribution < -0.4 is 5.32 Å². The third-order valence-electron chi connectivity index (χ3n) is 10.4. The van der Waals surface area contributed by atoms with Crippen LogP contribution in [0.3, 0.4) is 0 Å². The van der Waals surface area contributed by atoms with Gasteiger partial charge in [-0.15, -0.1) is 0 Å². The molecule has 0 amide bonds. The lowest BCUT2D eigenvalue weighted by Crippen LogP contribution is -2.52. The van der Waals surface area contributed by atoms with Gasteiger partial charge in [0, 0.05) is 12.6 Å². The van der Waals surface area contributed by atoms with Gasteiger partial charge in [0.25, 0.3) is 0 Å². The lowest BCUT2D eigenvalue weighted by Gasteiger charge is -2.57. The topological polar surface area (TPSA) is 32.3 Å². The van der Waals surface area contributed by atoms with Crippen LogP contribution in [0.2, 0.25) is 0 Å². The molecule has 0 bridgehead atoms. The molecule has 0 heterocycles. The minimum absolute atomic E-state index is 0.393. The van der Waals surface area contributed by atoms with Gasteiger partial charge in [-0.25, -0.2) is 0 Å². The smallest absolute Gasteiger partial charge is 0.0622 e. The molecular formula is C28H43NO.